The molecule has 0 fully saturated rings. The SMILES string of the molecule is OCC(Nc1ccc(-c2ccc(F)cc2)nn1)c1ccccc1. The molecule has 4 nitrogen and oxygen atoms in total. The van der Waals surface area contributed by atoms with Crippen LogP contribution >= 0.6 is 0 Å². The van der Waals surface area contributed by atoms with E-state index in [1.807, 2.05) is 36.4 Å². The molecule has 0 spiro atoms. The minimum atomic E-state index is -0.284. The number of hydrogen-bond acceptors (Lipinski definition) is 4. The highest BCUT2D eigenvalue weighted by Gasteiger charge is 2.10. The van der Waals surface area contributed by atoms with Crippen LogP contribution < -0.4 is 5.32 Å². The molecule has 0 radical (unpaired) electrons. The second kappa shape index (κ2) is 6.98. The highest BCUT2D eigenvalue weighted by Crippen LogP contribution is 2.20. The van der Waals surface area contributed by atoms with Crippen molar-refractivity contribution in [2.45, 2.75) is 6.04 Å². The summed E-state index contributed by atoms with van der Waals surface area (Å²) >= 11 is 0. The first-order chi connectivity index (χ1) is 11.3. The maximum atomic E-state index is 12.9. The van der Waals surface area contributed by atoms with Gasteiger partial charge < -0.3 is 10.4 Å². The van der Waals surface area contributed by atoms with E-state index in [0.717, 1.165) is 11.1 Å². The third-order valence-corrected chi connectivity index (χ3v) is 3.51. The van der Waals surface area contributed by atoms with Crippen molar-refractivity contribution in [1.29, 1.82) is 0 Å². The number of aromatic nitrogens is 2. The Morgan fingerprint density at radius 2 is 1.65 bits per heavy atom. The largest absolute Gasteiger partial charge is 0.394 e. The smallest absolute Gasteiger partial charge is 0.149 e. The monoisotopic (exact) mass is 309 g/mol. The molecule has 23 heavy (non-hydrogen) atoms. The van der Waals surface area contributed by atoms with Crippen LogP contribution in [0, 0.1) is 5.82 Å². The van der Waals surface area contributed by atoms with E-state index in [2.05, 4.69) is 15.5 Å². The lowest BCUT2D eigenvalue weighted by atomic mass is 10.1. The molecule has 5 heteroatoms. The van der Waals surface area contributed by atoms with E-state index in [1.165, 1.54) is 12.1 Å². The van der Waals surface area contributed by atoms with Crippen molar-refractivity contribution >= 4 is 5.82 Å². The average Bonchev–Trinajstić information content (AvgIpc) is 2.62. The third kappa shape index (κ3) is 3.70. The van der Waals surface area contributed by atoms with Crippen LogP contribution in [0.4, 0.5) is 10.2 Å². The Kier molecular flexibility index (Phi) is 4.59. The fourth-order valence-electron chi connectivity index (χ4n) is 2.28. The molecular weight excluding hydrogens is 293 g/mol. The Labute approximate surface area is 133 Å². The van der Waals surface area contributed by atoms with Crippen LogP contribution in [0.15, 0.2) is 66.7 Å². The Morgan fingerprint density at radius 1 is 0.913 bits per heavy atom. The second-order valence-electron chi connectivity index (χ2n) is 5.10. The van der Waals surface area contributed by atoms with Crippen molar-refractivity contribution in [2.75, 3.05) is 11.9 Å². The second-order valence-corrected chi connectivity index (χ2v) is 5.10. The Bertz CT molecular complexity index is 745. The van der Waals surface area contributed by atoms with Crippen LogP contribution in [-0.4, -0.2) is 21.9 Å². The first-order valence-electron chi connectivity index (χ1n) is 7.28. The van der Waals surface area contributed by atoms with Crippen LogP contribution in [0.2, 0.25) is 0 Å². The van der Waals surface area contributed by atoms with Crippen molar-refractivity contribution < 1.29 is 9.50 Å². The van der Waals surface area contributed by atoms with Gasteiger partial charge in [0.1, 0.15) is 11.6 Å². The van der Waals surface area contributed by atoms with Crippen molar-refractivity contribution in [2.24, 2.45) is 0 Å². The lowest BCUT2D eigenvalue weighted by molar-refractivity contribution is 0.276. The highest BCUT2D eigenvalue weighted by molar-refractivity contribution is 5.59. The number of benzene rings is 2. The van der Waals surface area contributed by atoms with Gasteiger partial charge in [0, 0.05) is 5.56 Å². The highest BCUT2D eigenvalue weighted by atomic mass is 19.1. The van der Waals surface area contributed by atoms with Gasteiger partial charge >= 0.3 is 0 Å². The first kappa shape index (κ1) is 15.1. The van der Waals surface area contributed by atoms with E-state index in [9.17, 15) is 9.50 Å². The Balaban J connectivity index is 1.75. The molecule has 2 aromatic carbocycles. The Morgan fingerprint density at radius 3 is 2.26 bits per heavy atom. The molecule has 0 aliphatic carbocycles. The van der Waals surface area contributed by atoms with Crippen molar-refractivity contribution in [1.82, 2.24) is 10.2 Å². The number of nitrogens with zero attached hydrogens (tertiary/aromatic N) is 2. The normalized spacial score (nSPS) is 11.9. The zero-order valence-corrected chi connectivity index (χ0v) is 12.4. The van der Waals surface area contributed by atoms with Gasteiger partial charge in [-0.2, -0.15) is 0 Å². The number of hydrogen-bond donors (Lipinski definition) is 2. The van der Waals surface area contributed by atoms with Crippen molar-refractivity contribution in [3.8, 4) is 11.3 Å². The predicted molar refractivity (Wildman–Crippen MR) is 87.3 cm³/mol. The van der Waals surface area contributed by atoms with Gasteiger partial charge in [0.15, 0.2) is 0 Å². The predicted octanol–water partition coefficient (Wildman–Crippen LogP) is 3.43. The molecule has 1 aromatic heterocycles. The number of rotatable bonds is 5. The fraction of sp³-hybridized carbons (Fsp3) is 0.111. The molecule has 1 heterocycles. The van der Waals surface area contributed by atoms with Gasteiger partial charge in [0.25, 0.3) is 0 Å². The zero-order chi connectivity index (χ0) is 16.1. The minimum Gasteiger partial charge on any atom is -0.394 e. The van der Waals surface area contributed by atoms with Crippen LogP contribution in [0.1, 0.15) is 11.6 Å². The molecule has 3 aromatic rings. The van der Waals surface area contributed by atoms with E-state index >= 15 is 0 Å². The molecule has 3 rings (SSSR count). The molecule has 1 unspecified atom stereocenters. The first-order valence-corrected chi connectivity index (χ1v) is 7.28. The lowest BCUT2D eigenvalue weighted by Gasteiger charge is -2.17. The molecule has 0 bridgehead atoms. The number of nitrogens with one attached hydrogen (secondary N) is 1. The summed E-state index contributed by atoms with van der Waals surface area (Å²) < 4.78 is 12.9. The third-order valence-electron chi connectivity index (χ3n) is 3.51. The number of anilines is 1. The molecule has 116 valence electrons. The van der Waals surface area contributed by atoms with Crippen LogP contribution in [0.3, 0.4) is 0 Å². The quantitative estimate of drug-likeness (QED) is 0.758. The summed E-state index contributed by atoms with van der Waals surface area (Å²) in [4.78, 5) is 0. The molecule has 0 aliphatic rings. The molecule has 2 N–H and O–H groups in total. The van der Waals surface area contributed by atoms with Crippen molar-refractivity contribution in [3.05, 3.63) is 78.1 Å². The van der Waals surface area contributed by atoms with Crippen molar-refractivity contribution in [3.63, 3.8) is 0 Å². The summed E-state index contributed by atoms with van der Waals surface area (Å²) in [5.41, 5.74) is 2.43. The summed E-state index contributed by atoms with van der Waals surface area (Å²) in [7, 11) is 0. The van der Waals surface area contributed by atoms with E-state index in [1.54, 1.807) is 18.2 Å². The van der Waals surface area contributed by atoms with E-state index in [0.29, 0.717) is 11.5 Å². The number of aliphatic hydroxyl groups excluding tert-OH is 1. The standard InChI is InChI=1S/C18H16FN3O/c19-15-8-6-14(7-9-15)16-10-11-18(22-21-16)20-17(12-23)13-4-2-1-3-5-13/h1-11,17,23H,12H2,(H,20,22). The number of halogens is 1. The van der Waals surface area contributed by atoms with Gasteiger partial charge in [0.05, 0.1) is 18.3 Å². The van der Waals surface area contributed by atoms with E-state index < -0.39 is 0 Å². The molecule has 0 saturated heterocycles. The molecular formula is C18H16FN3O. The molecule has 0 aliphatic heterocycles. The summed E-state index contributed by atoms with van der Waals surface area (Å²) in [6.45, 7) is -0.0502. The summed E-state index contributed by atoms with van der Waals surface area (Å²) in [5, 5.41) is 21.0. The van der Waals surface area contributed by atoms with Crippen LogP contribution in [0.25, 0.3) is 11.3 Å². The summed E-state index contributed by atoms with van der Waals surface area (Å²) in [6.07, 6.45) is 0. The van der Waals surface area contributed by atoms with Gasteiger partial charge in [0.2, 0.25) is 0 Å². The Hall–Kier alpha value is -2.79. The average molecular weight is 309 g/mol. The van der Waals surface area contributed by atoms with E-state index in [4.69, 9.17) is 0 Å². The van der Waals surface area contributed by atoms with Gasteiger partial charge in [-0.1, -0.05) is 30.3 Å². The summed E-state index contributed by atoms with van der Waals surface area (Å²) in [5.74, 6) is 0.285. The maximum absolute atomic E-state index is 12.9. The molecule has 0 amide bonds. The molecule has 0 saturated carbocycles. The number of aliphatic hydroxyl groups is 1. The minimum absolute atomic E-state index is 0.0502. The summed E-state index contributed by atoms with van der Waals surface area (Å²) in [6, 6.07) is 19.1. The fourth-order valence-corrected chi connectivity index (χ4v) is 2.28. The lowest BCUT2D eigenvalue weighted by Crippen LogP contribution is -2.15. The zero-order valence-electron chi connectivity index (χ0n) is 12.4. The topological polar surface area (TPSA) is 58.0 Å². The molecule has 1 atom stereocenters. The van der Waals surface area contributed by atoms with Crippen LogP contribution in [0.5, 0.6) is 0 Å². The van der Waals surface area contributed by atoms with Gasteiger partial charge in [-0.05, 0) is 42.0 Å². The van der Waals surface area contributed by atoms with Gasteiger partial charge in [-0.25, -0.2) is 4.39 Å². The van der Waals surface area contributed by atoms with Crippen LogP contribution in [-0.2, 0) is 0 Å². The van der Waals surface area contributed by atoms with Gasteiger partial charge in [-0.15, -0.1) is 10.2 Å². The maximum Gasteiger partial charge on any atom is 0.149 e. The van der Waals surface area contributed by atoms with E-state index in [-0.39, 0.29) is 18.5 Å². The van der Waals surface area contributed by atoms with Gasteiger partial charge in [-0.3, -0.25) is 0 Å².